The van der Waals surface area contributed by atoms with E-state index in [-0.39, 0.29) is 0 Å². The summed E-state index contributed by atoms with van der Waals surface area (Å²) in [7, 11) is 0. The predicted molar refractivity (Wildman–Crippen MR) is 107 cm³/mol. The number of rotatable bonds is 3. The first-order valence-corrected chi connectivity index (χ1v) is 9.74. The summed E-state index contributed by atoms with van der Waals surface area (Å²) in [5.41, 5.74) is 2.77. The van der Waals surface area contributed by atoms with E-state index in [2.05, 4.69) is 14.9 Å². The smallest absolute Gasteiger partial charge is 0.294 e. The molecule has 0 saturated carbocycles. The van der Waals surface area contributed by atoms with E-state index in [4.69, 9.17) is 23.2 Å². The van der Waals surface area contributed by atoms with Crippen molar-refractivity contribution in [3.8, 4) is 11.4 Å². The van der Waals surface area contributed by atoms with Crippen molar-refractivity contribution in [3.05, 3.63) is 81.1 Å². The molecule has 3 aromatic rings. The Balaban J connectivity index is 1.50. The minimum atomic E-state index is -4.36. The lowest BCUT2D eigenvalue weighted by molar-refractivity contribution is -0.137. The molecule has 29 heavy (non-hydrogen) atoms. The zero-order chi connectivity index (χ0) is 20.6. The van der Waals surface area contributed by atoms with Crippen LogP contribution in [0.2, 0.25) is 10.0 Å². The van der Waals surface area contributed by atoms with Crippen LogP contribution in [0.4, 0.5) is 13.2 Å². The van der Waals surface area contributed by atoms with E-state index in [0.29, 0.717) is 34.5 Å². The molecular weight excluding hydrogens is 422 g/mol. The highest BCUT2D eigenvalue weighted by molar-refractivity contribution is 6.42. The Hall–Kier alpha value is -2.15. The largest absolute Gasteiger partial charge is 0.416 e. The van der Waals surface area contributed by atoms with Gasteiger partial charge in [0.15, 0.2) is 5.82 Å². The highest BCUT2D eigenvalue weighted by Gasteiger charge is 2.30. The minimum Gasteiger partial charge on any atom is -0.294 e. The van der Waals surface area contributed by atoms with Crippen LogP contribution in [0, 0.1) is 0 Å². The maximum atomic E-state index is 12.7. The Morgan fingerprint density at radius 3 is 2.52 bits per heavy atom. The molecule has 0 fully saturated rings. The van der Waals surface area contributed by atoms with Crippen LogP contribution >= 0.6 is 23.2 Å². The molecule has 3 nitrogen and oxygen atoms in total. The summed E-state index contributed by atoms with van der Waals surface area (Å²) in [5, 5.41) is 1.10. The Morgan fingerprint density at radius 1 is 1.03 bits per heavy atom. The zero-order valence-electron chi connectivity index (χ0n) is 15.2. The van der Waals surface area contributed by atoms with Gasteiger partial charge in [-0.05, 0) is 23.8 Å². The molecule has 2 heterocycles. The van der Waals surface area contributed by atoms with Gasteiger partial charge in [-0.25, -0.2) is 9.97 Å². The van der Waals surface area contributed by atoms with Gasteiger partial charge in [0, 0.05) is 43.4 Å². The van der Waals surface area contributed by atoms with Crippen LogP contribution in [0.15, 0.2) is 48.7 Å². The van der Waals surface area contributed by atoms with Gasteiger partial charge in [-0.1, -0.05) is 47.5 Å². The van der Waals surface area contributed by atoms with Gasteiger partial charge in [0.2, 0.25) is 0 Å². The topological polar surface area (TPSA) is 29.0 Å². The van der Waals surface area contributed by atoms with Crippen LogP contribution in [0.5, 0.6) is 0 Å². The fourth-order valence-corrected chi connectivity index (χ4v) is 3.75. The van der Waals surface area contributed by atoms with E-state index in [0.717, 1.165) is 41.9 Å². The fourth-order valence-electron chi connectivity index (χ4n) is 3.37. The van der Waals surface area contributed by atoms with E-state index in [1.54, 1.807) is 12.3 Å². The second-order valence-electron chi connectivity index (χ2n) is 6.91. The van der Waals surface area contributed by atoms with Gasteiger partial charge in [-0.3, -0.25) is 4.90 Å². The van der Waals surface area contributed by atoms with Crippen molar-refractivity contribution in [2.75, 3.05) is 6.54 Å². The molecule has 0 N–H and O–H groups in total. The molecule has 0 unspecified atom stereocenters. The Labute approximate surface area is 176 Å². The number of hydrogen-bond donors (Lipinski definition) is 0. The first kappa shape index (κ1) is 20.1. The lowest BCUT2D eigenvalue weighted by Crippen LogP contribution is -2.31. The van der Waals surface area contributed by atoms with E-state index in [9.17, 15) is 13.2 Å². The van der Waals surface area contributed by atoms with Gasteiger partial charge in [0.1, 0.15) is 0 Å². The summed E-state index contributed by atoms with van der Waals surface area (Å²) in [6.07, 6.45) is -1.88. The quantitative estimate of drug-likeness (QED) is 0.500. The SMILES string of the molecule is FC(F)(F)c1ccc(-c2ncc3c(n2)CCN(Cc2cccc(Cl)c2Cl)C3)cc1. The van der Waals surface area contributed by atoms with Crippen LogP contribution in [0.1, 0.15) is 22.4 Å². The third-order valence-electron chi connectivity index (χ3n) is 4.91. The number of aromatic nitrogens is 2. The Morgan fingerprint density at radius 2 is 1.79 bits per heavy atom. The molecule has 0 amide bonds. The molecule has 150 valence electrons. The van der Waals surface area contributed by atoms with Crippen LogP contribution in [-0.2, 0) is 25.7 Å². The lowest BCUT2D eigenvalue weighted by atomic mass is 10.1. The molecule has 1 aromatic heterocycles. The fraction of sp³-hybridized carbons (Fsp3) is 0.238. The van der Waals surface area contributed by atoms with Crippen LogP contribution in [-0.4, -0.2) is 21.4 Å². The van der Waals surface area contributed by atoms with Crippen molar-refractivity contribution in [3.63, 3.8) is 0 Å². The minimum absolute atomic E-state index is 0.434. The number of alkyl halides is 3. The van der Waals surface area contributed by atoms with Gasteiger partial charge in [0.25, 0.3) is 0 Å². The summed E-state index contributed by atoms with van der Waals surface area (Å²) < 4.78 is 38.2. The molecular formula is C21H16Cl2F3N3. The average molecular weight is 438 g/mol. The van der Waals surface area contributed by atoms with Crippen LogP contribution in [0.25, 0.3) is 11.4 Å². The Bertz CT molecular complexity index is 1040. The van der Waals surface area contributed by atoms with Crippen molar-refractivity contribution >= 4 is 23.2 Å². The van der Waals surface area contributed by atoms with E-state index < -0.39 is 11.7 Å². The first-order valence-electron chi connectivity index (χ1n) is 8.99. The predicted octanol–water partition coefficient (Wildman–Crippen LogP) is 6.03. The molecule has 0 atom stereocenters. The normalized spacial score (nSPS) is 14.7. The van der Waals surface area contributed by atoms with Gasteiger partial charge in [-0.15, -0.1) is 0 Å². The number of benzene rings is 2. The summed E-state index contributed by atoms with van der Waals surface area (Å²) in [5.74, 6) is 0.434. The summed E-state index contributed by atoms with van der Waals surface area (Å²) in [6, 6.07) is 10.5. The number of nitrogens with zero attached hydrogens (tertiary/aromatic N) is 3. The molecule has 1 aliphatic rings. The van der Waals surface area contributed by atoms with Crippen molar-refractivity contribution < 1.29 is 13.2 Å². The molecule has 1 aliphatic heterocycles. The standard InChI is InChI=1S/C21H16Cl2F3N3/c22-17-3-1-2-14(19(17)23)11-29-9-8-18-15(12-29)10-27-20(28-18)13-4-6-16(7-5-13)21(24,25)26/h1-7,10H,8-9,11-12H2. The van der Waals surface area contributed by atoms with Crippen molar-refractivity contribution in [2.24, 2.45) is 0 Å². The van der Waals surface area contributed by atoms with Gasteiger partial charge in [0.05, 0.1) is 21.3 Å². The third-order valence-corrected chi connectivity index (χ3v) is 5.77. The monoisotopic (exact) mass is 437 g/mol. The molecule has 4 rings (SSSR count). The highest BCUT2D eigenvalue weighted by Crippen LogP contribution is 2.31. The summed E-state index contributed by atoms with van der Waals surface area (Å²) in [6.45, 7) is 2.13. The van der Waals surface area contributed by atoms with Crippen molar-refractivity contribution in [1.82, 2.24) is 14.9 Å². The highest BCUT2D eigenvalue weighted by atomic mass is 35.5. The molecule has 2 aromatic carbocycles. The van der Waals surface area contributed by atoms with E-state index in [1.165, 1.54) is 12.1 Å². The van der Waals surface area contributed by atoms with E-state index in [1.807, 2.05) is 12.1 Å². The average Bonchev–Trinajstić information content (AvgIpc) is 2.70. The molecule has 0 aliphatic carbocycles. The van der Waals surface area contributed by atoms with Crippen molar-refractivity contribution in [2.45, 2.75) is 25.7 Å². The van der Waals surface area contributed by atoms with Crippen LogP contribution < -0.4 is 0 Å². The lowest BCUT2D eigenvalue weighted by Gasteiger charge is -2.28. The summed E-state index contributed by atoms with van der Waals surface area (Å²) in [4.78, 5) is 11.2. The third kappa shape index (κ3) is 4.39. The van der Waals surface area contributed by atoms with E-state index >= 15 is 0 Å². The van der Waals surface area contributed by atoms with Gasteiger partial charge in [-0.2, -0.15) is 13.2 Å². The molecule has 8 heteroatoms. The number of hydrogen-bond acceptors (Lipinski definition) is 3. The van der Waals surface area contributed by atoms with Crippen LogP contribution in [0.3, 0.4) is 0 Å². The maximum Gasteiger partial charge on any atom is 0.416 e. The zero-order valence-corrected chi connectivity index (χ0v) is 16.7. The van der Waals surface area contributed by atoms with Gasteiger partial charge >= 0.3 is 6.18 Å². The molecule has 0 bridgehead atoms. The number of fused-ring (bicyclic) bond motifs is 1. The molecule has 0 radical (unpaired) electrons. The first-order chi connectivity index (χ1) is 13.8. The number of halogens is 5. The van der Waals surface area contributed by atoms with Gasteiger partial charge < -0.3 is 0 Å². The molecule has 0 spiro atoms. The molecule has 0 saturated heterocycles. The summed E-state index contributed by atoms with van der Waals surface area (Å²) >= 11 is 12.4. The Kier molecular flexibility index (Phi) is 5.51. The second kappa shape index (κ2) is 7.94. The maximum absolute atomic E-state index is 12.7. The second-order valence-corrected chi connectivity index (χ2v) is 7.70. The van der Waals surface area contributed by atoms with Crippen molar-refractivity contribution in [1.29, 1.82) is 0 Å².